The number of aliphatic carboxylic acids is 1. The number of carboxylic acids is 1. The van der Waals surface area contributed by atoms with Crippen LogP contribution in [0.3, 0.4) is 0 Å². The Hall–Kier alpha value is -2.07. The fourth-order valence-electron chi connectivity index (χ4n) is 1.59. The maximum absolute atomic E-state index is 12.9. The van der Waals surface area contributed by atoms with Crippen molar-refractivity contribution in [2.75, 3.05) is 0 Å². The number of carbonyl (C=O) groups is 1. The first kappa shape index (κ1) is 13.4. The summed E-state index contributed by atoms with van der Waals surface area (Å²) in [5.74, 6) is -1.53. The minimum Gasteiger partial charge on any atom is -0.478 e. The van der Waals surface area contributed by atoms with Gasteiger partial charge in [0.15, 0.2) is 0 Å². The molecule has 0 aliphatic rings. The zero-order valence-corrected chi connectivity index (χ0v) is 10.5. The quantitative estimate of drug-likeness (QED) is 0.929. The van der Waals surface area contributed by atoms with Gasteiger partial charge in [0.25, 0.3) is 0 Å². The molecule has 0 fully saturated rings. The van der Waals surface area contributed by atoms with Crippen LogP contribution in [0.5, 0.6) is 5.75 Å². The predicted molar refractivity (Wildman–Crippen MR) is 68.9 cm³/mol. The van der Waals surface area contributed by atoms with Gasteiger partial charge in [-0.05, 0) is 18.2 Å². The Bertz CT molecular complexity index is 586. The first-order valence-electron chi connectivity index (χ1n) is 5.47. The van der Waals surface area contributed by atoms with Gasteiger partial charge in [-0.2, -0.15) is 0 Å². The third kappa shape index (κ3) is 3.23. The summed E-state index contributed by atoms with van der Waals surface area (Å²) >= 11 is 5.81. The lowest BCUT2D eigenvalue weighted by molar-refractivity contribution is -0.145. The van der Waals surface area contributed by atoms with Gasteiger partial charge in [-0.25, -0.2) is 9.18 Å². The van der Waals surface area contributed by atoms with Gasteiger partial charge in [-0.3, -0.25) is 0 Å². The van der Waals surface area contributed by atoms with E-state index in [0.29, 0.717) is 5.56 Å². The smallest absolute Gasteiger partial charge is 0.349 e. The van der Waals surface area contributed by atoms with Gasteiger partial charge >= 0.3 is 5.97 Å². The number of benzene rings is 2. The lowest BCUT2D eigenvalue weighted by Gasteiger charge is -2.16. The average Bonchev–Trinajstić information content (AvgIpc) is 2.38. The summed E-state index contributed by atoms with van der Waals surface area (Å²) in [6.45, 7) is 0. The molecule has 2 rings (SSSR count). The van der Waals surface area contributed by atoms with Crippen LogP contribution in [0, 0.1) is 5.82 Å². The van der Waals surface area contributed by atoms with Crippen molar-refractivity contribution in [1.82, 2.24) is 0 Å². The number of ether oxygens (including phenoxy) is 1. The summed E-state index contributed by atoms with van der Waals surface area (Å²) in [6, 6.07) is 12.0. The van der Waals surface area contributed by atoms with Crippen molar-refractivity contribution < 1.29 is 19.0 Å². The highest BCUT2D eigenvalue weighted by atomic mass is 35.5. The van der Waals surface area contributed by atoms with Crippen molar-refractivity contribution >= 4 is 17.6 Å². The molecular weight excluding hydrogens is 271 g/mol. The van der Waals surface area contributed by atoms with E-state index in [2.05, 4.69) is 0 Å². The minimum absolute atomic E-state index is 0.0298. The Morgan fingerprint density at radius 2 is 1.89 bits per heavy atom. The number of hydrogen-bond acceptors (Lipinski definition) is 2. The van der Waals surface area contributed by atoms with Crippen molar-refractivity contribution in [1.29, 1.82) is 0 Å². The topological polar surface area (TPSA) is 46.5 Å². The van der Waals surface area contributed by atoms with Crippen molar-refractivity contribution in [2.45, 2.75) is 6.10 Å². The SMILES string of the molecule is O=C(O)[C@@H](Oc1ccc(F)cc1Cl)c1ccccc1. The van der Waals surface area contributed by atoms with E-state index in [1.807, 2.05) is 0 Å². The Kier molecular flexibility index (Phi) is 4.02. The second-order valence-electron chi connectivity index (χ2n) is 3.82. The maximum atomic E-state index is 12.9. The second kappa shape index (κ2) is 5.71. The van der Waals surface area contributed by atoms with E-state index in [1.165, 1.54) is 6.07 Å². The van der Waals surface area contributed by atoms with E-state index in [0.717, 1.165) is 12.1 Å². The molecule has 1 atom stereocenters. The first-order chi connectivity index (χ1) is 9.08. The van der Waals surface area contributed by atoms with Crippen molar-refractivity contribution in [3.8, 4) is 5.75 Å². The van der Waals surface area contributed by atoms with Crippen LogP contribution < -0.4 is 4.74 Å². The monoisotopic (exact) mass is 280 g/mol. The molecule has 0 aliphatic heterocycles. The Labute approximate surface area is 114 Å². The Balaban J connectivity index is 2.29. The minimum atomic E-state index is -1.19. The van der Waals surface area contributed by atoms with Gasteiger partial charge < -0.3 is 9.84 Å². The Morgan fingerprint density at radius 3 is 2.47 bits per heavy atom. The van der Waals surface area contributed by atoms with Gasteiger partial charge in [0.2, 0.25) is 6.10 Å². The summed E-state index contributed by atoms with van der Waals surface area (Å²) in [5.41, 5.74) is 0.482. The fraction of sp³-hybridized carbons (Fsp3) is 0.0714. The van der Waals surface area contributed by atoms with Gasteiger partial charge in [0, 0.05) is 5.56 Å². The summed E-state index contributed by atoms with van der Waals surface area (Å²) in [7, 11) is 0. The normalized spacial score (nSPS) is 11.9. The predicted octanol–water partition coefficient (Wildman–Crippen LogP) is 3.68. The molecular formula is C14H10ClFO3. The number of halogens is 2. The van der Waals surface area contributed by atoms with E-state index in [9.17, 15) is 14.3 Å². The van der Waals surface area contributed by atoms with E-state index in [-0.39, 0.29) is 10.8 Å². The maximum Gasteiger partial charge on any atom is 0.349 e. The summed E-state index contributed by atoms with van der Waals surface area (Å²) < 4.78 is 18.3. The number of carboxylic acid groups (broad SMARTS) is 1. The molecule has 0 bridgehead atoms. The van der Waals surface area contributed by atoms with Crippen LogP contribution in [0.15, 0.2) is 48.5 Å². The molecule has 0 heterocycles. The van der Waals surface area contributed by atoms with E-state index in [1.54, 1.807) is 30.3 Å². The molecule has 0 unspecified atom stereocenters. The molecule has 5 heteroatoms. The molecule has 0 amide bonds. The van der Waals surface area contributed by atoms with Crippen LogP contribution in [-0.4, -0.2) is 11.1 Å². The molecule has 0 aromatic heterocycles. The molecule has 19 heavy (non-hydrogen) atoms. The lowest BCUT2D eigenvalue weighted by atomic mass is 10.1. The second-order valence-corrected chi connectivity index (χ2v) is 4.23. The third-order valence-electron chi connectivity index (χ3n) is 2.47. The standard InChI is InChI=1S/C14H10ClFO3/c15-11-8-10(16)6-7-12(11)19-13(14(17)18)9-4-2-1-3-5-9/h1-8,13H,(H,17,18)/t13-/m0/s1. The molecule has 0 saturated carbocycles. The largest absolute Gasteiger partial charge is 0.478 e. The first-order valence-corrected chi connectivity index (χ1v) is 5.85. The molecule has 0 aliphatic carbocycles. The summed E-state index contributed by atoms with van der Waals surface area (Å²) in [6.07, 6.45) is -1.19. The molecule has 1 N–H and O–H groups in total. The lowest BCUT2D eigenvalue weighted by Crippen LogP contribution is -2.18. The zero-order valence-electron chi connectivity index (χ0n) is 9.72. The highest BCUT2D eigenvalue weighted by Crippen LogP contribution is 2.29. The molecule has 0 radical (unpaired) electrons. The van der Waals surface area contributed by atoms with Crippen LogP contribution in [0.4, 0.5) is 4.39 Å². The summed E-state index contributed by atoms with van der Waals surface area (Å²) in [4.78, 5) is 11.2. The van der Waals surface area contributed by atoms with E-state index >= 15 is 0 Å². The highest BCUT2D eigenvalue weighted by Gasteiger charge is 2.22. The van der Waals surface area contributed by atoms with Crippen LogP contribution in [-0.2, 0) is 4.79 Å². The van der Waals surface area contributed by atoms with Crippen LogP contribution in [0.25, 0.3) is 0 Å². The van der Waals surface area contributed by atoms with E-state index < -0.39 is 17.9 Å². The Morgan fingerprint density at radius 1 is 1.21 bits per heavy atom. The van der Waals surface area contributed by atoms with Gasteiger partial charge in [-0.1, -0.05) is 41.9 Å². The molecule has 0 spiro atoms. The molecule has 3 nitrogen and oxygen atoms in total. The van der Waals surface area contributed by atoms with Crippen LogP contribution in [0.1, 0.15) is 11.7 Å². The average molecular weight is 281 g/mol. The molecule has 98 valence electrons. The van der Waals surface area contributed by atoms with E-state index in [4.69, 9.17) is 16.3 Å². The van der Waals surface area contributed by atoms with Gasteiger partial charge in [0.1, 0.15) is 11.6 Å². The number of hydrogen-bond donors (Lipinski definition) is 1. The van der Waals surface area contributed by atoms with Gasteiger partial charge in [-0.15, -0.1) is 0 Å². The van der Waals surface area contributed by atoms with Crippen molar-refractivity contribution in [3.05, 3.63) is 64.9 Å². The molecule has 0 saturated heterocycles. The van der Waals surface area contributed by atoms with Crippen molar-refractivity contribution in [3.63, 3.8) is 0 Å². The highest BCUT2D eigenvalue weighted by molar-refractivity contribution is 6.32. The third-order valence-corrected chi connectivity index (χ3v) is 2.76. The molecule has 2 aromatic carbocycles. The van der Waals surface area contributed by atoms with Crippen LogP contribution in [0.2, 0.25) is 5.02 Å². The fourth-order valence-corrected chi connectivity index (χ4v) is 1.80. The zero-order chi connectivity index (χ0) is 13.8. The summed E-state index contributed by atoms with van der Waals surface area (Å²) in [5, 5.41) is 9.22. The van der Waals surface area contributed by atoms with Crippen LogP contribution >= 0.6 is 11.6 Å². The number of rotatable bonds is 4. The van der Waals surface area contributed by atoms with Crippen molar-refractivity contribution in [2.24, 2.45) is 0 Å². The van der Waals surface area contributed by atoms with Gasteiger partial charge in [0.05, 0.1) is 5.02 Å². The molecule has 2 aromatic rings.